The summed E-state index contributed by atoms with van der Waals surface area (Å²) in [5.74, 6) is 0.410. The summed E-state index contributed by atoms with van der Waals surface area (Å²) >= 11 is 0. The van der Waals surface area contributed by atoms with E-state index in [1.807, 2.05) is 64.1 Å². The first-order valence-corrected chi connectivity index (χ1v) is 7.74. The summed E-state index contributed by atoms with van der Waals surface area (Å²) in [6, 6.07) is 17.7. The first kappa shape index (κ1) is 14.0. The molecule has 0 atom stereocenters. The van der Waals surface area contributed by atoms with Gasteiger partial charge in [-0.2, -0.15) is 0 Å². The van der Waals surface area contributed by atoms with Gasteiger partial charge in [-0.05, 0) is 24.3 Å². The van der Waals surface area contributed by atoms with Gasteiger partial charge in [-0.25, -0.2) is 4.98 Å². The lowest BCUT2D eigenvalue weighted by molar-refractivity contribution is 0.0294. The van der Waals surface area contributed by atoms with Gasteiger partial charge < -0.3 is 9.64 Å². The highest BCUT2D eigenvalue weighted by atomic mass is 16.5. The molecular weight excluding hydrogens is 290 g/mol. The van der Waals surface area contributed by atoms with Crippen LogP contribution in [0.15, 0.2) is 54.6 Å². The van der Waals surface area contributed by atoms with Crippen LogP contribution in [0.5, 0.6) is 0 Å². The predicted octanol–water partition coefficient (Wildman–Crippen LogP) is 2.50. The van der Waals surface area contributed by atoms with Crippen LogP contribution in [0.25, 0.3) is 16.7 Å². The SMILES string of the molecule is O=C(c1nc2ccccc2n1-c1ccccc1)N1CCOCC1. The average molecular weight is 307 g/mol. The molecule has 0 N–H and O–H groups in total. The number of fused-ring (bicyclic) bond motifs is 1. The van der Waals surface area contributed by atoms with Crippen molar-refractivity contribution in [3.8, 4) is 5.69 Å². The van der Waals surface area contributed by atoms with Gasteiger partial charge in [-0.1, -0.05) is 30.3 Å². The first-order valence-electron chi connectivity index (χ1n) is 7.74. The Kier molecular flexibility index (Phi) is 3.55. The molecule has 0 spiro atoms. The third-order valence-electron chi connectivity index (χ3n) is 4.06. The topological polar surface area (TPSA) is 47.4 Å². The summed E-state index contributed by atoms with van der Waals surface area (Å²) in [5, 5.41) is 0. The van der Waals surface area contributed by atoms with E-state index in [-0.39, 0.29) is 5.91 Å². The molecule has 0 radical (unpaired) electrons. The standard InChI is InChI=1S/C18H17N3O2/c22-18(20-10-12-23-13-11-20)17-19-15-8-4-5-9-16(15)21(17)14-6-2-1-3-7-14/h1-9H,10-13H2. The number of benzene rings is 2. The number of ether oxygens (including phenoxy) is 1. The van der Waals surface area contributed by atoms with Gasteiger partial charge in [0.2, 0.25) is 5.82 Å². The second-order valence-electron chi connectivity index (χ2n) is 5.50. The molecule has 0 bridgehead atoms. The minimum Gasteiger partial charge on any atom is -0.378 e. The molecule has 4 rings (SSSR count). The van der Waals surface area contributed by atoms with Gasteiger partial charge in [0.25, 0.3) is 5.91 Å². The zero-order valence-corrected chi connectivity index (χ0v) is 12.7. The molecule has 2 heterocycles. The van der Waals surface area contributed by atoms with Crippen LogP contribution < -0.4 is 0 Å². The number of hydrogen-bond acceptors (Lipinski definition) is 3. The van der Waals surface area contributed by atoms with Crippen molar-refractivity contribution >= 4 is 16.9 Å². The third-order valence-corrected chi connectivity index (χ3v) is 4.06. The van der Waals surface area contributed by atoms with E-state index < -0.39 is 0 Å². The highest BCUT2D eigenvalue weighted by Crippen LogP contribution is 2.22. The minimum atomic E-state index is -0.0478. The number of imidazole rings is 1. The van der Waals surface area contributed by atoms with Crippen molar-refractivity contribution in [3.63, 3.8) is 0 Å². The monoisotopic (exact) mass is 307 g/mol. The summed E-state index contributed by atoms with van der Waals surface area (Å²) in [6.07, 6.45) is 0. The third kappa shape index (κ3) is 2.49. The molecular formula is C18H17N3O2. The first-order chi connectivity index (χ1) is 11.3. The Morgan fingerprint density at radius 1 is 0.957 bits per heavy atom. The number of carbonyl (C=O) groups excluding carboxylic acids is 1. The van der Waals surface area contributed by atoms with Gasteiger partial charge >= 0.3 is 0 Å². The largest absolute Gasteiger partial charge is 0.378 e. The zero-order valence-electron chi connectivity index (χ0n) is 12.7. The van der Waals surface area contributed by atoms with E-state index in [4.69, 9.17) is 4.74 Å². The van der Waals surface area contributed by atoms with Gasteiger partial charge in [0.05, 0.1) is 24.2 Å². The summed E-state index contributed by atoms with van der Waals surface area (Å²) in [6.45, 7) is 2.38. The smallest absolute Gasteiger partial charge is 0.290 e. The highest BCUT2D eigenvalue weighted by molar-refractivity contribution is 5.96. The van der Waals surface area contributed by atoms with Crippen LogP contribution >= 0.6 is 0 Å². The Morgan fingerprint density at radius 3 is 2.43 bits per heavy atom. The van der Waals surface area contributed by atoms with Crippen LogP contribution in [0.2, 0.25) is 0 Å². The molecule has 0 saturated carbocycles. The quantitative estimate of drug-likeness (QED) is 0.731. The molecule has 1 amide bonds. The van der Waals surface area contributed by atoms with Crippen LogP contribution in [0.1, 0.15) is 10.6 Å². The number of hydrogen-bond donors (Lipinski definition) is 0. The molecule has 1 fully saturated rings. The maximum absolute atomic E-state index is 13.0. The fraction of sp³-hybridized carbons (Fsp3) is 0.222. The van der Waals surface area contributed by atoms with E-state index in [0.717, 1.165) is 16.7 Å². The maximum atomic E-state index is 13.0. The number of morpholine rings is 1. The van der Waals surface area contributed by atoms with Gasteiger partial charge in [0.1, 0.15) is 0 Å². The second-order valence-corrected chi connectivity index (χ2v) is 5.50. The van der Waals surface area contributed by atoms with Gasteiger partial charge in [0, 0.05) is 18.8 Å². The lowest BCUT2D eigenvalue weighted by atomic mass is 10.2. The summed E-state index contributed by atoms with van der Waals surface area (Å²) < 4.78 is 7.28. The van der Waals surface area contributed by atoms with Crippen molar-refractivity contribution in [1.29, 1.82) is 0 Å². The maximum Gasteiger partial charge on any atom is 0.290 e. The van der Waals surface area contributed by atoms with Crippen molar-refractivity contribution in [2.75, 3.05) is 26.3 Å². The van der Waals surface area contributed by atoms with Crippen molar-refractivity contribution in [2.45, 2.75) is 0 Å². The normalized spacial score (nSPS) is 15.0. The van der Waals surface area contributed by atoms with Crippen molar-refractivity contribution in [1.82, 2.24) is 14.5 Å². The fourth-order valence-electron chi connectivity index (χ4n) is 2.92. The highest BCUT2D eigenvalue weighted by Gasteiger charge is 2.25. The molecule has 0 aliphatic carbocycles. The minimum absolute atomic E-state index is 0.0478. The molecule has 2 aromatic carbocycles. The zero-order chi connectivity index (χ0) is 15.6. The fourth-order valence-corrected chi connectivity index (χ4v) is 2.92. The van der Waals surface area contributed by atoms with Crippen molar-refractivity contribution in [3.05, 3.63) is 60.4 Å². The predicted molar refractivity (Wildman–Crippen MR) is 87.8 cm³/mol. The number of rotatable bonds is 2. The second kappa shape index (κ2) is 5.85. The Hall–Kier alpha value is -2.66. The van der Waals surface area contributed by atoms with Crippen LogP contribution in [0, 0.1) is 0 Å². The van der Waals surface area contributed by atoms with Crippen LogP contribution in [-0.4, -0.2) is 46.7 Å². The number of nitrogens with zero attached hydrogens (tertiary/aromatic N) is 3. The van der Waals surface area contributed by atoms with Gasteiger partial charge in [0.15, 0.2) is 0 Å². The number of amides is 1. The lowest BCUT2D eigenvalue weighted by Crippen LogP contribution is -2.41. The number of para-hydroxylation sites is 3. The van der Waals surface area contributed by atoms with E-state index in [2.05, 4.69) is 4.98 Å². The molecule has 1 aliphatic rings. The Morgan fingerprint density at radius 2 is 1.65 bits per heavy atom. The van der Waals surface area contributed by atoms with Gasteiger partial charge in [-0.3, -0.25) is 9.36 Å². The molecule has 3 aromatic rings. The molecule has 0 unspecified atom stereocenters. The van der Waals surface area contributed by atoms with Crippen molar-refractivity contribution in [2.24, 2.45) is 0 Å². The number of carbonyl (C=O) groups is 1. The summed E-state index contributed by atoms with van der Waals surface area (Å²) in [7, 11) is 0. The molecule has 5 heteroatoms. The van der Waals surface area contributed by atoms with Crippen LogP contribution in [0.4, 0.5) is 0 Å². The van der Waals surface area contributed by atoms with Crippen LogP contribution in [0.3, 0.4) is 0 Å². The molecule has 1 aliphatic heterocycles. The van der Waals surface area contributed by atoms with Crippen molar-refractivity contribution < 1.29 is 9.53 Å². The molecule has 5 nitrogen and oxygen atoms in total. The van der Waals surface area contributed by atoms with E-state index in [0.29, 0.717) is 32.1 Å². The van der Waals surface area contributed by atoms with E-state index >= 15 is 0 Å². The summed E-state index contributed by atoms with van der Waals surface area (Å²) in [4.78, 5) is 19.4. The molecule has 116 valence electrons. The molecule has 1 saturated heterocycles. The van der Waals surface area contributed by atoms with E-state index in [1.165, 1.54) is 0 Å². The average Bonchev–Trinajstić information content (AvgIpc) is 3.02. The molecule has 1 aromatic heterocycles. The van der Waals surface area contributed by atoms with Gasteiger partial charge in [-0.15, -0.1) is 0 Å². The molecule has 23 heavy (non-hydrogen) atoms. The van der Waals surface area contributed by atoms with E-state index in [1.54, 1.807) is 0 Å². The Bertz CT molecular complexity index is 836. The summed E-state index contributed by atoms with van der Waals surface area (Å²) in [5.41, 5.74) is 2.71. The van der Waals surface area contributed by atoms with Crippen LogP contribution in [-0.2, 0) is 4.74 Å². The Balaban J connectivity index is 1.87. The lowest BCUT2D eigenvalue weighted by Gasteiger charge is -2.26. The van der Waals surface area contributed by atoms with E-state index in [9.17, 15) is 4.79 Å². The Labute approximate surface area is 134 Å². The number of aromatic nitrogens is 2.